The van der Waals surface area contributed by atoms with Crippen molar-refractivity contribution in [3.63, 3.8) is 0 Å². The first-order valence-corrected chi connectivity index (χ1v) is 6.61. The minimum absolute atomic E-state index is 0.211. The van der Waals surface area contributed by atoms with Gasteiger partial charge in [-0.3, -0.25) is 0 Å². The summed E-state index contributed by atoms with van der Waals surface area (Å²) in [5.74, 6) is -0.331. The van der Waals surface area contributed by atoms with Gasteiger partial charge in [0.2, 0.25) is 0 Å². The molecule has 0 unspecified atom stereocenters. The lowest BCUT2D eigenvalue weighted by Gasteiger charge is -2.31. The molecular weight excluding hydrogens is 239 g/mol. The molecule has 0 bridgehead atoms. The van der Waals surface area contributed by atoms with E-state index in [-0.39, 0.29) is 11.5 Å². The predicted octanol–water partition coefficient (Wildman–Crippen LogP) is 3.36. The van der Waals surface area contributed by atoms with E-state index in [0.29, 0.717) is 0 Å². The first-order chi connectivity index (χ1) is 9.24. The topological polar surface area (TPSA) is 29.3 Å². The lowest BCUT2D eigenvalue weighted by molar-refractivity contribution is 0.627. The number of nitrogens with two attached hydrogens (primary N) is 1. The maximum absolute atomic E-state index is 13.5. The third kappa shape index (κ3) is 2.41. The van der Waals surface area contributed by atoms with Crippen LogP contribution in [0.1, 0.15) is 17.5 Å². The number of benzene rings is 2. The van der Waals surface area contributed by atoms with Crippen LogP contribution in [0.4, 0.5) is 15.8 Å². The first-order valence-electron chi connectivity index (χ1n) is 6.61. The van der Waals surface area contributed by atoms with Crippen molar-refractivity contribution in [2.75, 3.05) is 17.2 Å². The standard InChI is InChI=1S/C16H17FN2/c17-14-10-12(7-8-15(14)18)11-19-9-3-5-13-4-1-2-6-16(13)19/h1-2,4,6-8,10H,3,5,9,11,18H2. The Labute approximate surface area is 112 Å². The second kappa shape index (κ2) is 4.92. The quantitative estimate of drug-likeness (QED) is 0.835. The lowest BCUT2D eigenvalue weighted by atomic mass is 10.0. The minimum Gasteiger partial charge on any atom is -0.396 e. The van der Waals surface area contributed by atoms with Crippen molar-refractivity contribution in [1.82, 2.24) is 0 Å². The summed E-state index contributed by atoms with van der Waals surface area (Å²) in [5, 5.41) is 0. The van der Waals surface area contributed by atoms with E-state index in [0.717, 1.165) is 31.5 Å². The molecule has 2 N–H and O–H groups in total. The fourth-order valence-corrected chi connectivity index (χ4v) is 2.67. The van der Waals surface area contributed by atoms with E-state index < -0.39 is 0 Å². The van der Waals surface area contributed by atoms with Crippen molar-refractivity contribution in [3.8, 4) is 0 Å². The number of anilines is 2. The molecule has 0 aliphatic carbocycles. The minimum atomic E-state index is -0.331. The Morgan fingerprint density at radius 1 is 1.16 bits per heavy atom. The molecule has 2 aromatic carbocycles. The van der Waals surface area contributed by atoms with E-state index in [4.69, 9.17) is 5.73 Å². The van der Waals surface area contributed by atoms with E-state index in [1.807, 2.05) is 6.07 Å². The number of hydrogen-bond acceptors (Lipinski definition) is 2. The van der Waals surface area contributed by atoms with Gasteiger partial charge in [-0.25, -0.2) is 4.39 Å². The van der Waals surface area contributed by atoms with Gasteiger partial charge in [-0.15, -0.1) is 0 Å². The van der Waals surface area contributed by atoms with E-state index in [1.165, 1.54) is 17.3 Å². The largest absolute Gasteiger partial charge is 0.396 e. The molecule has 3 heteroatoms. The number of rotatable bonds is 2. The zero-order valence-electron chi connectivity index (χ0n) is 10.8. The van der Waals surface area contributed by atoms with Crippen LogP contribution in [-0.4, -0.2) is 6.54 Å². The molecule has 98 valence electrons. The number of nitrogen functional groups attached to an aromatic ring is 1. The third-order valence-electron chi connectivity index (χ3n) is 3.64. The van der Waals surface area contributed by atoms with Crippen LogP contribution in [0.5, 0.6) is 0 Å². The second-order valence-electron chi connectivity index (χ2n) is 5.01. The highest BCUT2D eigenvalue weighted by molar-refractivity contribution is 5.56. The molecule has 1 aliphatic heterocycles. The molecule has 0 fully saturated rings. The van der Waals surface area contributed by atoms with Gasteiger partial charge in [-0.1, -0.05) is 24.3 Å². The monoisotopic (exact) mass is 256 g/mol. The normalized spacial score (nSPS) is 14.3. The van der Waals surface area contributed by atoms with E-state index >= 15 is 0 Å². The number of hydrogen-bond donors (Lipinski definition) is 1. The Balaban J connectivity index is 1.86. The van der Waals surface area contributed by atoms with Gasteiger partial charge >= 0.3 is 0 Å². The fourth-order valence-electron chi connectivity index (χ4n) is 2.67. The average molecular weight is 256 g/mol. The van der Waals surface area contributed by atoms with Crippen molar-refractivity contribution >= 4 is 11.4 Å². The van der Waals surface area contributed by atoms with Gasteiger partial charge in [0.1, 0.15) is 5.82 Å². The Morgan fingerprint density at radius 2 is 2.00 bits per heavy atom. The van der Waals surface area contributed by atoms with E-state index in [1.54, 1.807) is 6.07 Å². The molecule has 1 aliphatic rings. The molecule has 0 spiro atoms. The number of para-hydroxylation sites is 1. The molecule has 0 amide bonds. The van der Waals surface area contributed by atoms with Crippen LogP contribution in [0, 0.1) is 5.82 Å². The maximum Gasteiger partial charge on any atom is 0.146 e. The Morgan fingerprint density at radius 3 is 2.84 bits per heavy atom. The first kappa shape index (κ1) is 12.0. The summed E-state index contributed by atoms with van der Waals surface area (Å²) in [6, 6.07) is 13.5. The summed E-state index contributed by atoms with van der Waals surface area (Å²) in [7, 11) is 0. The summed E-state index contributed by atoms with van der Waals surface area (Å²) in [6.45, 7) is 1.75. The van der Waals surface area contributed by atoms with Crippen molar-refractivity contribution in [1.29, 1.82) is 0 Å². The summed E-state index contributed by atoms with van der Waals surface area (Å²) in [5.41, 5.74) is 9.33. The molecule has 19 heavy (non-hydrogen) atoms. The van der Waals surface area contributed by atoms with Crippen LogP contribution >= 0.6 is 0 Å². The number of fused-ring (bicyclic) bond motifs is 1. The zero-order chi connectivity index (χ0) is 13.2. The van der Waals surface area contributed by atoms with Crippen molar-refractivity contribution in [3.05, 3.63) is 59.4 Å². The fraction of sp³-hybridized carbons (Fsp3) is 0.250. The summed E-state index contributed by atoms with van der Waals surface area (Å²) < 4.78 is 13.5. The van der Waals surface area contributed by atoms with Crippen LogP contribution < -0.4 is 10.6 Å². The molecular formula is C16H17FN2. The summed E-state index contributed by atoms with van der Waals surface area (Å²) in [4.78, 5) is 2.31. The molecule has 3 rings (SSSR count). The van der Waals surface area contributed by atoms with E-state index in [2.05, 4.69) is 29.2 Å². The van der Waals surface area contributed by atoms with Crippen molar-refractivity contribution in [2.45, 2.75) is 19.4 Å². The van der Waals surface area contributed by atoms with Crippen LogP contribution in [0.3, 0.4) is 0 Å². The SMILES string of the molecule is Nc1ccc(CN2CCCc3ccccc32)cc1F. The molecule has 2 nitrogen and oxygen atoms in total. The van der Waals surface area contributed by atoms with Crippen LogP contribution in [0.25, 0.3) is 0 Å². The molecule has 1 heterocycles. The predicted molar refractivity (Wildman–Crippen MR) is 76.6 cm³/mol. The van der Waals surface area contributed by atoms with Crippen molar-refractivity contribution < 1.29 is 4.39 Å². The van der Waals surface area contributed by atoms with Crippen LogP contribution in [0.15, 0.2) is 42.5 Å². The number of nitrogens with zero attached hydrogens (tertiary/aromatic N) is 1. The highest BCUT2D eigenvalue weighted by atomic mass is 19.1. The lowest BCUT2D eigenvalue weighted by Crippen LogP contribution is -2.28. The number of aryl methyl sites for hydroxylation is 1. The van der Waals surface area contributed by atoms with Gasteiger partial charge in [0.05, 0.1) is 5.69 Å². The van der Waals surface area contributed by atoms with Gasteiger partial charge in [0.25, 0.3) is 0 Å². The highest BCUT2D eigenvalue weighted by Gasteiger charge is 2.16. The Kier molecular flexibility index (Phi) is 3.11. The maximum atomic E-state index is 13.5. The molecule has 0 aromatic heterocycles. The zero-order valence-corrected chi connectivity index (χ0v) is 10.8. The summed E-state index contributed by atoms with van der Waals surface area (Å²) in [6.07, 6.45) is 2.28. The van der Waals surface area contributed by atoms with Gasteiger partial charge in [0, 0.05) is 18.8 Å². The molecule has 0 saturated carbocycles. The summed E-state index contributed by atoms with van der Waals surface area (Å²) >= 11 is 0. The van der Waals surface area contributed by atoms with Crippen LogP contribution in [0.2, 0.25) is 0 Å². The number of halogens is 1. The van der Waals surface area contributed by atoms with Crippen LogP contribution in [-0.2, 0) is 13.0 Å². The molecule has 2 aromatic rings. The van der Waals surface area contributed by atoms with Gasteiger partial charge in [-0.05, 0) is 42.2 Å². The Bertz CT molecular complexity index is 595. The van der Waals surface area contributed by atoms with E-state index in [9.17, 15) is 4.39 Å². The molecule has 0 atom stereocenters. The molecule has 0 radical (unpaired) electrons. The van der Waals surface area contributed by atoms with Gasteiger partial charge in [-0.2, -0.15) is 0 Å². The average Bonchev–Trinajstić information content (AvgIpc) is 2.43. The van der Waals surface area contributed by atoms with Crippen molar-refractivity contribution in [2.24, 2.45) is 0 Å². The van der Waals surface area contributed by atoms with Gasteiger partial charge in [0.15, 0.2) is 0 Å². The highest BCUT2D eigenvalue weighted by Crippen LogP contribution is 2.28. The third-order valence-corrected chi connectivity index (χ3v) is 3.64. The molecule has 0 saturated heterocycles. The Hall–Kier alpha value is -2.03. The van der Waals surface area contributed by atoms with Gasteiger partial charge < -0.3 is 10.6 Å². The second-order valence-corrected chi connectivity index (χ2v) is 5.01. The smallest absolute Gasteiger partial charge is 0.146 e.